The van der Waals surface area contributed by atoms with Gasteiger partial charge >= 0.3 is 5.97 Å². The summed E-state index contributed by atoms with van der Waals surface area (Å²) in [6.07, 6.45) is 0.509. The van der Waals surface area contributed by atoms with Gasteiger partial charge in [0.05, 0.1) is 4.47 Å². The minimum atomic E-state index is -1.11. The smallest absolute Gasteiger partial charge is 0.346 e. The summed E-state index contributed by atoms with van der Waals surface area (Å²) in [5, 5.41) is 9.84. The van der Waals surface area contributed by atoms with Gasteiger partial charge in [-0.25, -0.2) is 4.79 Å². The van der Waals surface area contributed by atoms with Crippen molar-refractivity contribution in [2.75, 3.05) is 6.54 Å². The van der Waals surface area contributed by atoms with E-state index in [-0.39, 0.29) is 6.54 Å². The summed E-state index contributed by atoms with van der Waals surface area (Å²) in [6, 6.07) is 5.45. The number of carboxylic acids is 1. The van der Waals surface area contributed by atoms with E-state index in [1.807, 2.05) is 6.07 Å². The molecule has 0 aliphatic heterocycles. The number of carbonyl (C=O) groups is 1. The number of nitrogens with two attached hydrogens (primary N) is 1. The molecule has 1 atom stereocenters. The maximum Gasteiger partial charge on any atom is 0.346 e. The second kappa shape index (κ2) is 5.85. The van der Waals surface area contributed by atoms with Crippen molar-refractivity contribution in [2.45, 2.75) is 6.10 Å². The topological polar surface area (TPSA) is 85.4 Å². The zero-order valence-electron chi connectivity index (χ0n) is 9.64. The molecule has 1 aromatic heterocycles. The highest BCUT2D eigenvalue weighted by molar-refractivity contribution is 9.11. The van der Waals surface area contributed by atoms with E-state index in [4.69, 9.17) is 15.6 Å². The Hall–Kier alpha value is -1.18. The number of rotatable bonds is 4. The Bertz CT molecular complexity index is 634. The quantitative estimate of drug-likeness (QED) is 0.839. The molecule has 0 saturated heterocycles. The zero-order chi connectivity index (χ0) is 14.0. The third-order valence-electron chi connectivity index (χ3n) is 2.50. The minimum Gasteiger partial charge on any atom is -0.478 e. The van der Waals surface area contributed by atoms with Gasteiger partial charge in [-0.05, 0) is 28.1 Å². The van der Waals surface area contributed by atoms with Crippen LogP contribution in [0.4, 0.5) is 0 Å². The van der Waals surface area contributed by atoms with E-state index in [9.17, 15) is 4.79 Å². The molecular weight excluding hydrogens is 380 g/mol. The van der Waals surface area contributed by atoms with Crippen molar-refractivity contribution in [1.29, 1.82) is 0 Å². The first-order valence-corrected chi connectivity index (χ1v) is 6.95. The Morgan fingerprint density at radius 3 is 2.84 bits per heavy atom. The van der Waals surface area contributed by atoms with Crippen LogP contribution >= 0.6 is 31.9 Å². The van der Waals surface area contributed by atoms with Crippen LogP contribution in [0.1, 0.15) is 0 Å². The highest BCUT2D eigenvalue weighted by Crippen LogP contribution is 2.37. The number of halogens is 2. The Morgan fingerprint density at radius 2 is 2.21 bits per heavy atom. The molecule has 0 radical (unpaired) electrons. The van der Waals surface area contributed by atoms with E-state index in [0.29, 0.717) is 15.7 Å². The average Bonchev–Trinajstić information content (AvgIpc) is 2.38. The Morgan fingerprint density at radius 1 is 1.47 bits per heavy atom. The van der Waals surface area contributed by atoms with Gasteiger partial charge in [0.2, 0.25) is 6.10 Å². The predicted molar refractivity (Wildman–Crippen MR) is 78.2 cm³/mol. The van der Waals surface area contributed by atoms with Gasteiger partial charge in [0.1, 0.15) is 5.52 Å². The van der Waals surface area contributed by atoms with Crippen LogP contribution in [0.15, 0.2) is 33.3 Å². The van der Waals surface area contributed by atoms with Gasteiger partial charge in [-0.1, -0.05) is 22.0 Å². The summed E-state index contributed by atoms with van der Waals surface area (Å²) < 4.78 is 6.93. The number of hydrogen-bond donors (Lipinski definition) is 2. The number of hydrogen-bond acceptors (Lipinski definition) is 4. The van der Waals surface area contributed by atoms with Crippen LogP contribution in [-0.4, -0.2) is 28.7 Å². The monoisotopic (exact) mass is 388 g/mol. The molecule has 7 heteroatoms. The van der Waals surface area contributed by atoms with Gasteiger partial charge in [0.15, 0.2) is 5.75 Å². The molecule has 2 aromatic rings. The van der Waals surface area contributed by atoms with E-state index in [1.54, 1.807) is 18.3 Å². The average molecular weight is 390 g/mol. The van der Waals surface area contributed by atoms with Crippen LogP contribution in [0.5, 0.6) is 5.75 Å². The van der Waals surface area contributed by atoms with Crippen molar-refractivity contribution < 1.29 is 14.6 Å². The number of aromatic nitrogens is 1. The second-order valence-corrected chi connectivity index (χ2v) is 5.46. The van der Waals surface area contributed by atoms with Gasteiger partial charge < -0.3 is 15.6 Å². The van der Waals surface area contributed by atoms with Crippen molar-refractivity contribution in [1.82, 2.24) is 4.98 Å². The lowest BCUT2D eigenvalue weighted by atomic mass is 10.2. The van der Waals surface area contributed by atoms with E-state index in [0.717, 1.165) is 9.86 Å². The van der Waals surface area contributed by atoms with E-state index in [2.05, 4.69) is 36.8 Å². The first-order chi connectivity index (χ1) is 9.04. The number of benzene rings is 1. The lowest BCUT2D eigenvalue weighted by molar-refractivity contribution is -0.144. The number of aliphatic carboxylic acids is 1. The lowest BCUT2D eigenvalue weighted by Gasteiger charge is -2.16. The van der Waals surface area contributed by atoms with Gasteiger partial charge in [0.25, 0.3) is 0 Å². The Labute approximate surface area is 126 Å². The Balaban J connectivity index is 2.56. The third-order valence-corrected chi connectivity index (χ3v) is 3.75. The van der Waals surface area contributed by atoms with E-state index < -0.39 is 12.1 Å². The molecule has 3 N–H and O–H groups in total. The minimum absolute atomic E-state index is 0.119. The van der Waals surface area contributed by atoms with Crippen LogP contribution in [0.3, 0.4) is 0 Å². The van der Waals surface area contributed by atoms with Crippen molar-refractivity contribution in [2.24, 2.45) is 5.73 Å². The molecule has 0 amide bonds. The molecule has 100 valence electrons. The molecular formula is C12H10Br2N2O3. The fraction of sp³-hybridized carbons (Fsp3) is 0.167. The van der Waals surface area contributed by atoms with E-state index >= 15 is 0 Å². The molecule has 19 heavy (non-hydrogen) atoms. The molecule has 0 bridgehead atoms. The van der Waals surface area contributed by atoms with Gasteiger partial charge in [0, 0.05) is 22.6 Å². The molecule has 0 aliphatic carbocycles. The third kappa shape index (κ3) is 2.88. The first kappa shape index (κ1) is 14.2. The zero-order valence-corrected chi connectivity index (χ0v) is 12.8. The molecule has 0 spiro atoms. The first-order valence-electron chi connectivity index (χ1n) is 5.37. The normalized spacial score (nSPS) is 12.4. The van der Waals surface area contributed by atoms with Gasteiger partial charge in [-0.3, -0.25) is 4.98 Å². The summed E-state index contributed by atoms with van der Waals surface area (Å²) in [5.41, 5.74) is 5.97. The summed E-state index contributed by atoms with van der Waals surface area (Å²) in [7, 11) is 0. The number of nitrogens with zero attached hydrogens (tertiary/aromatic N) is 1. The Kier molecular flexibility index (Phi) is 4.38. The van der Waals surface area contributed by atoms with Crippen molar-refractivity contribution in [3.05, 3.63) is 33.3 Å². The molecule has 0 aliphatic rings. The maximum absolute atomic E-state index is 11.0. The SMILES string of the molecule is NCC(Oc1c(Br)cc(Br)c2cccnc12)C(=O)O. The van der Waals surface area contributed by atoms with Crippen molar-refractivity contribution >= 4 is 48.7 Å². The lowest BCUT2D eigenvalue weighted by Crippen LogP contribution is -2.34. The molecule has 2 rings (SSSR count). The van der Waals surface area contributed by atoms with Crippen LogP contribution in [0.2, 0.25) is 0 Å². The summed E-state index contributed by atoms with van der Waals surface area (Å²) >= 11 is 6.77. The molecule has 0 saturated carbocycles. The highest BCUT2D eigenvalue weighted by atomic mass is 79.9. The standard InChI is InChI=1S/C12H10Br2N2O3/c13-7-4-8(14)11(19-9(5-15)12(17)18)10-6(7)2-1-3-16-10/h1-4,9H,5,15H2,(H,17,18). The number of ether oxygens (including phenoxy) is 1. The van der Waals surface area contributed by atoms with Crippen LogP contribution in [0.25, 0.3) is 10.9 Å². The number of carboxylic acid groups (broad SMARTS) is 1. The summed E-state index contributed by atoms with van der Waals surface area (Å²) in [5.74, 6) is -0.738. The molecule has 5 nitrogen and oxygen atoms in total. The van der Waals surface area contributed by atoms with Gasteiger partial charge in [-0.15, -0.1) is 0 Å². The second-order valence-electron chi connectivity index (χ2n) is 3.75. The summed E-state index contributed by atoms with van der Waals surface area (Å²) in [6.45, 7) is -0.119. The largest absolute Gasteiger partial charge is 0.478 e. The fourth-order valence-corrected chi connectivity index (χ4v) is 2.97. The fourth-order valence-electron chi connectivity index (χ4n) is 1.60. The molecule has 1 heterocycles. The van der Waals surface area contributed by atoms with Crippen LogP contribution in [0, 0.1) is 0 Å². The molecule has 0 fully saturated rings. The maximum atomic E-state index is 11.0. The highest BCUT2D eigenvalue weighted by Gasteiger charge is 2.21. The van der Waals surface area contributed by atoms with Crippen molar-refractivity contribution in [3.8, 4) is 5.75 Å². The predicted octanol–water partition coefficient (Wildman–Crippen LogP) is 2.55. The molecule has 1 unspecified atom stereocenters. The van der Waals surface area contributed by atoms with Crippen LogP contribution < -0.4 is 10.5 Å². The van der Waals surface area contributed by atoms with Crippen molar-refractivity contribution in [3.63, 3.8) is 0 Å². The van der Waals surface area contributed by atoms with Gasteiger partial charge in [-0.2, -0.15) is 0 Å². The van der Waals surface area contributed by atoms with Crippen LogP contribution in [-0.2, 0) is 4.79 Å². The molecule has 1 aromatic carbocycles. The van der Waals surface area contributed by atoms with E-state index in [1.165, 1.54) is 0 Å². The number of fused-ring (bicyclic) bond motifs is 1. The summed E-state index contributed by atoms with van der Waals surface area (Å²) in [4.78, 5) is 15.2. The number of pyridine rings is 1.